The minimum Gasteiger partial charge on any atom is -0.298 e. The number of rotatable bonds is 4. The van der Waals surface area contributed by atoms with E-state index in [0.717, 1.165) is 15.8 Å². The van der Waals surface area contributed by atoms with Crippen LogP contribution in [0.4, 0.5) is 5.69 Å². The van der Waals surface area contributed by atoms with Gasteiger partial charge in [-0.05, 0) is 19.1 Å². The number of amides is 1. The maximum Gasteiger partial charge on any atom is 0.238 e. The number of hydrogen-bond donors (Lipinski definition) is 0. The summed E-state index contributed by atoms with van der Waals surface area (Å²) in [6.07, 6.45) is 0. The number of hydrogen-bond acceptors (Lipinski definition) is 5. The van der Waals surface area contributed by atoms with Gasteiger partial charge in [-0.1, -0.05) is 41.7 Å². The van der Waals surface area contributed by atoms with E-state index in [-0.39, 0.29) is 12.5 Å². The molecular formula is C14H15N3OS2. The third-order valence-corrected chi connectivity index (χ3v) is 5.14. The van der Waals surface area contributed by atoms with Crippen LogP contribution in [0.2, 0.25) is 0 Å². The Morgan fingerprint density at radius 2 is 2.30 bits per heavy atom. The molecule has 2 rings (SSSR count). The highest BCUT2D eigenvalue weighted by atomic mass is 32.2. The maximum atomic E-state index is 12.3. The second-order valence-corrected chi connectivity index (χ2v) is 6.55. The highest BCUT2D eigenvalue weighted by molar-refractivity contribution is 8.39. The minimum atomic E-state index is -0.0643. The first-order valence-electron chi connectivity index (χ1n) is 6.26. The van der Waals surface area contributed by atoms with Crippen LogP contribution in [-0.2, 0) is 4.79 Å². The Kier molecular flexibility index (Phi) is 5.50. The highest BCUT2D eigenvalue weighted by Crippen LogP contribution is 2.26. The summed E-state index contributed by atoms with van der Waals surface area (Å²) in [4.78, 5) is 18.2. The molecule has 0 fully saturated rings. The van der Waals surface area contributed by atoms with Gasteiger partial charge in [0.25, 0.3) is 0 Å². The van der Waals surface area contributed by atoms with Crippen molar-refractivity contribution >= 4 is 39.5 Å². The zero-order valence-corrected chi connectivity index (χ0v) is 12.8. The van der Waals surface area contributed by atoms with Gasteiger partial charge in [-0.3, -0.25) is 14.7 Å². The fraction of sp³-hybridized carbons (Fsp3) is 0.357. The molecule has 0 radical (unpaired) electrons. The van der Waals surface area contributed by atoms with E-state index in [9.17, 15) is 4.79 Å². The Hall–Kier alpha value is -1.45. The van der Waals surface area contributed by atoms with Crippen LogP contribution in [0.15, 0.2) is 35.3 Å². The van der Waals surface area contributed by atoms with E-state index in [1.807, 2.05) is 36.4 Å². The van der Waals surface area contributed by atoms with Crippen LogP contribution in [0.1, 0.15) is 6.92 Å². The molecule has 20 heavy (non-hydrogen) atoms. The molecule has 1 aromatic rings. The predicted octanol–water partition coefficient (Wildman–Crippen LogP) is 2.77. The topological polar surface area (TPSA) is 56.5 Å². The van der Waals surface area contributed by atoms with Gasteiger partial charge in [0.2, 0.25) is 5.91 Å². The Labute approximate surface area is 127 Å². The van der Waals surface area contributed by atoms with E-state index >= 15 is 0 Å². The molecule has 0 saturated heterocycles. The van der Waals surface area contributed by atoms with Crippen LogP contribution in [0.3, 0.4) is 0 Å². The molecule has 1 aromatic carbocycles. The molecule has 4 nitrogen and oxygen atoms in total. The molecule has 0 bridgehead atoms. The summed E-state index contributed by atoms with van der Waals surface area (Å²) in [7, 11) is 0. The Morgan fingerprint density at radius 1 is 1.55 bits per heavy atom. The first-order valence-corrected chi connectivity index (χ1v) is 8.23. The van der Waals surface area contributed by atoms with Crippen LogP contribution in [-0.4, -0.2) is 34.4 Å². The number of carbonyl (C=O) groups excluding carboxylic acids is 1. The van der Waals surface area contributed by atoms with E-state index in [4.69, 9.17) is 5.26 Å². The van der Waals surface area contributed by atoms with E-state index in [0.29, 0.717) is 11.8 Å². The van der Waals surface area contributed by atoms with Gasteiger partial charge in [0.15, 0.2) is 0 Å². The monoisotopic (exact) mass is 305 g/mol. The summed E-state index contributed by atoms with van der Waals surface area (Å²) >= 11 is 3.15. The molecular weight excluding hydrogens is 290 g/mol. The van der Waals surface area contributed by atoms with Gasteiger partial charge in [-0.15, -0.1) is 0 Å². The number of benzene rings is 1. The van der Waals surface area contributed by atoms with Gasteiger partial charge < -0.3 is 0 Å². The van der Waals surface area contributed by atoms with Crippen molar-refractivity contribution in [3.05, 3.63) is 30.3 Å². The number of aliphatic imine (C=N–C) groups is 1. The van der Waals surface area contributed by atoms with Crippen molar-refractivity contribution in [2.45, 2.75) is 13.0 Å². The van der Waals surface area contributed by atoms with Crippen molar-refractivity contribution in [1.82, 2.24) is 0 Å². The summed E-state index contributed by atoms with van der Waals surface area (Å²) in [6.45, 7) is 2.13. The smallest absolute Gasteiger partial charge is 0.238 e. The standard InChI is InChI=1S/C14H15N3OS2/c1-11-9-19-14(16-11)20-10-13(18)17(8-7-15)12-5-3-2-4-6-12/h2-6,11H,8-10H2,1H3/t11-/m0/s1. The summed E-state index contributed by atoms with van der Waals surface area (Å²) in [5.41, 5.74) is 0.758. The van der Waals surface area contributed by atoms with Crippen LogP contribution in [0.25, 0.3) is 0 Å². The van der Waals surface area contributed by atoms with E-state index < -0.39 is 0 Å². The summed E-state index contributed by atoms with van der Waals surface area (Å²) < 4.78 is 0.968. The molecule has 0 unspecified atom stereocenters. The average Bonchev–Trinajstić information content (AvgIpc) is 2.89. The largest absolute Gasteiger partial charge is 0.298 e. The van der Waals surface area contributed by atoms with Crippen LogP contribution >= 0.6 is 23.5 Å². The van der Waals surface area contributed by atoms with Crippen molar-refractivity contribution in [1.29, 1.82) is 5.26 Å². The second-order valence-electron chi connectivity index (χ2n) is 4.32. The SMILES string of the molecule is C[C@H]1CSC(SCC(=O)N(CC#N)c2ccccc2)=N1. The van der Waals surface area contributed by atoms with Gasteiger partial charge in [-0.2, -0.15) is 5.26 Å². The Bertz CT molecular complexity index is 539. The van der Waals surface area contributed by atoms with Crippen molar-refractivity contribution in [2.75, 3.05) is 23.0 Å². The van der Waals surface area contributed by atoms with E-state index in [1.54, 1.807) is 11.8 Å². The second kappa shape index (κ2) is 7.36. The number of anilines is 1. The molecule has 1 amide bonds. The molecule has 1 atom stereocenters. The third-order valence-electron chi connectivity index (χ3n) is 2.69. The molecule has 0 N–H and O–H groups in total. The third kappa shape index (κ3) is 4.02. The number of para-hydroxylation sites is 1. The molecule has 1 heterocycles. The van der Waals surface area contributed by atoms with Crippen molar-refractivity contribution in [3.63, 3.8) is 0 Å². The summed E-state index contributed by atoms with van der Waals surface area (Å²) in [6, 6.07) is 11.7. The molecule has 1 aliphatic rings. The molecule has 6 heteroatoms. The van der Waals surface area contributed by atoms with E-state index in [2.05, 4.69) is 11.9 Å². The quantitative estimate of drug-likeness (QED) is 0.803. The van der Waals surface area contributed by atoms with Gasteiger partial charge in [0, 0.05) is 11.4 Å². The zero-order valence-electron chi connectivity index (χ0n) is 11.2. The lowest BCUT2D eigenvalue weighted by atomic mass is 10.3. The molecule has 0 saturated carbocycles. The molecule has 0 aromatic heterocycles. The van der Waals surface area contributed by atoms with Crippen LogP contribution < -0.4 is 4.90 Å². The maximum absolute atomic E-state index is 12.3. The molecule has 104 valence electrons. The number of nitriles is 1. The van der Waals surface area contributed by atoms with Crippen molar-refractivity contribution in [3.8, 4) is 6.07 Å². The summed E-state index contributed by atoms with van der Waals surface area (Å²) in [5.74, 6) is 1.23. The number of nitrogens with zero attached hydrogens (tertiary/aromatic N) is 3. The lowest BCUT2D eigenvalue weighted by Gasteiger charge is -2.19. The fourth-order valence-electron chi connectivity index (χ4n) is 1.73. The van der Waals surface area contributed by atoms with Crippen LogP contribution in [0.5, 0.6) is 0 Å². The lowest BCUT2D eigenvalue weighted by Crippen LogP contribution is -2.32. The van der Waals surface area contributed by atoms with Gasteiger partial charge in [-0.25, -0.2) is 0 Å². The number of thioether (sulfide) groups is 2. The van der Waals surface area contributed by atoms with Crippen molar-refractivity contribution in [2.24, 2.45) is 4.99 Å². The van der Waals surface area contributed by atoms with Gasteiger partial charge >= 0.3 is 0 Å². The Balaban J connectivity index is 1.98. The van der Waals surface area contributed by atoms with Gasteiger partial charge in [0.1, 0.15) is 10.9 Å². The highest BCUT2D eigenvalue weighted by Gasteiger charge is 2.19. The first-order chi connectivity index (χ1) is 9.70. The first kappa shape index (κ1) is 14.9. The lowest BCUT2D eigenvalue weighted by molar-refractivity contribution is -0.116. The Morgan fingerprint density at radius 3 is 2.90 bits per heavy atom. The normalized spacial score (nSPS) is 17.4. The molecule has 0 spiro atoms. The van der Waals surface area contributed by atoms with Crippen LogP contribution in [0, 0.1) is 11.3 Å². The van der Waals surface area contributed by atoms with Crippen molar-refractivity contribution < 1.29 is 4.79 Å². The number of carbonyl (C=O) groups is 1. The molecule has 0 aliphatic carbocycles. The average molecular weight is 305 g/mol. The van der Waals surface area contributed by atoms with Gasteiger partial charge in [0.05, 0.1) is 17.9 Å². The molecule has 1 aliphatic heterocycles. The van der Waals surface area contributed by atoms with E-state index in [1.165, 1.54) is 16.7 Å². The summed E-state index contributed by atoms with van der Waals surface area (Å²) in [5, 5.41) is 8.88. The predicted molar refractivity (Wildman–Crippen MR) is 86.2 cm³/mol. The fourth-order valence-corrected chi connectivity index (χ4v) is 3.81. The minimum absolute atomic E-state index is 0.0643. The zero-order chi connectivity index (χ0) is 14.4.